The second-order valence-electron chi connectivity index (χ2n) is 3.31. The van der Waals surface area contributed by atoms with Gasteiger partial charge in [-0.15, -0.1) is 0 Å². The van der Waals surface area contributed by atoms with Gasteiger partial charge in [0.15, 0.2) is 11.5 Å². The molecule has 0 radical (unpaired) electrons. The smallest absolute Gasteiger partial charge is 0.162 e. The molecule has 16 heavy (non-hydrogen) atoms. The molecule has 0 bridgehead atoms. The van der Waals surface area contributed by atoms with Gasteiger partial charge in [0.05, 0.1) is 30.1 Å². The van der Waals surface area contributed by atoms with Gasteiger partial charge in [0.2, 0.25) is 0 Å². The van der Waals surface area contributed by atoms with E-state index in [9.17, 15) is 4.21 Å². The first-order valence-corrected chi connectivity index (χ1v) is 6.28. The van der Waals surface area contributed by atoms with E-state index in [2.05, 4.69) is 0 Å². The van der Waals surface area contributed by atoms with E-state index >= 15 is 0 Å². The molecule has 0 saturated carbocycles. The Bertz CT molecular complexity index is 453. The van der Waals surface area contributed by atoms with Crippen LogP contribution < -0.4 is 9.47 Å². The minimum Gasteiger partial charge on any atom is -0.490 e. The summed E-state index contributed by atoms with van der Waals surface area (Å²) < 4.78 is 22.5. The van der Waals surface area contributed by atoms with Crippen molar-refractivity contribution in [2.45, 2.75) is 11.3 Å². The third kappa shape index (κ3) is 2.34. The van der Waals surface area contributed by atoms with Gasteiger partial charge in [-0.05, 0) is 12.1 Å². The standard InChI is InChI=1S/C11H11NO3S/c12-4-7-16(13)9-2-3-10-11(8-9)15-6-1-5-14-10/h2-3,8H,1,5-7H2. The molecule has 0 amide bonds. The Morgan fingerprint density at radius 1 is 1.31 bits per heavy atom. The summed E-state index contributed by atoms with van der Waals surface area (Å²) in [7, 11) is -1.28. The van der Waals surface area contributed by atoms with E-state index in [1.807, 2.05) is 6.07 Å². The van der Waals surface area contributed by atoms with Gasteiger partial charge in [0.1, 0.15) is 5.75 Å². The third-order valence-electron chi connectivity index (χ3n) is 2.18. The highest BCUT2D eigenvalue weighted by molar-refractivity contribution is 7.85. The second kappa shape index (κ2) is 4.99. The topological polar surface area (TPSA) is 59.3 Å². The Balaban J connectivity index is 2.28. The minimum absolute atomic E-state index is 0.000353. The van der Waals surface area contributed by atoms with Crippen molar-refractivity contribution in [1.82, 2.24) is 0 Å². The van der Waals surface area contributed by atoms with Crippen molar-refractivity contribution in [3.05, 3.63) is 18.2 Å². The van der Waals surface area contributed by atoms with E-state index in [4.69, 9.17) is 14.7 Å². The lowest BCUT2D eigenvalue weighted by Gasteiger charge is -2.08. The maximum Gasteiger partial charge on any atom is 0.162 e. The van der Waals surface area contributed by atoms with Crippen molar-refractivity contribution in [3.63, 3.8) is 0 Å². The Morgan fingerprint density at radius 2 is 2.06 bits per heavy atom. The number of rotatable bonds is 2. The molecule has 1 aromatic rings. The molecule has 84 valence electrons. The molecule has 1 unspecified atom stereocenters. The van der Waals surface area contributed by atoms with Crippen LogP contribution in [0.15, 0.2) is 23.1 Å². The Hall–Kier alpha value is -1.54. The summed E-state index contributed by atoms with van der Waals surface area (Å²) in [6, 6.07) is 7.03. The average Bonchev–Trinajstić information content (AvgIpc) is 2.53. The summed E-state index contributed by atoms with van der Waals surface area (Å²) in [4.78, 5) is 0.603. The monoisotopic (exact) mass is 237 g/mol. The number of hydrogen-bond donors (Lipinski definition) is 0. The maximum absolute atomic E-state index is 11.6. The first kappa shape index (κ1) is 11.0. The average molecular weight is 237 g/mol. The lowest BCUT2D eigenvalue weighted by atomic mass is 10.3. The Kier molecular flexibility index (Phi) is 3.42. The fourth-order valence-electron chi connectivity index (χ4n) is 1.43. The molecule has 1 heterocycles. The summed E-state index contributed by atoms with van der Waals surface area (Å²) >= 11 is 0. The van der Waals surface area contributed by atoms with Crippen molar-refractivity contribution in [2.75, 3.05) is 19.0 Å². The van der Waals surface area contributed by atoms with Crippen LogP contribution in [0, 0.1) is 11.3 Å². The quantitative estimate of drug-likeness (QED) is 0.781. The molecule has 0 saturated heterocycles. The number of hydrogen-bond acceptors (Lipinski definition) is 4. The third-order valence-corrected chi connectivity index (χ3v) is 3.35. The van der Waals surface area contributed by atoms with Gasteiger partial charge in [-0.2, -0.15) is 5.26 Å². The summed E-state index contributed by atoms with van der Waals surface area (Å²) in [5, 5.41) is 8.48. The molecular weight excluding hydrogens is 226 g/mol. The van der Waals surface area contributed by atoms with Gasteiger partial charge in [0.25, 0.3) is 0 Å². The molecule has 1 aliphatic rings. The van der Waals surface area contributed by atoms with Crippen molar-refractivity contribution in [3.8, 4) is 17.6 Å². The Labute approximate surface area is 96.2 Å². The van der Waals surface area contributed by atoms with Crippen LogP contribution in [0.5, 0.6) is 11.5 Å². The van der Waals surface area contributed by atoms with Crippen LogP contribution in [0.4, 0.5) is 0 Å². The summed E-state index contributed by atoms with van der Waals surface area (Å²) in [5.41, 5.74) is 0. The van der Waals surface area contributed by atoms with Crippen LogP contribution in [-0.4, -0.2) is 23.2 Å². The van der Waals surface area contributed by atoms with E-state index < -0.39 is 10.8 Å². The number of nitrogens with zero attached hydrogens (tertiary/aromatic N) is 1. The normalized spacial score (nSPS) is 15.9. The number of benzene rings is 1. The molecule has 2 rings (SSSR count). The van der Waals surface area contributed by atoms with E-state index in [1.54, 1.807) is 18.2 Å². The predicted molar refractivity (Wildman–Crippen MR) is 58.9 cm³/mol. The van der Waals surface area contributed by atoms with Crippen molar-refractivity contribution in [2.24, 2.45) is 0 Å². The highest BCUT2D eigenvalue weighted by Gasteiger charge is 2.12. The lowest BCUT2D eigenvalue weighted by molar-refractivity contribution is 0.297. The van der Waals surface area contributed by atoms with Crippen LogP contribution in [0.25, 0.3) is 0 Å². The fourth-order valence-corrected chi connectivity index (χ4v) is 2.17. The summed E-state index contributed by atoms with van der Waals surface area (Å²) in [6.07, 6.45) is 0.839. The van der Waals surface area contributed by atoms with Crippen LogP contribution in [0.1, 0.15) is 6.42 Å². The molecule has 5 heteroatoms. The summed E-state index contributed by atoms with van der Waals surface area (Å²) in [5.74, 6) is 1.29. The molecule has 0 fully saturated rings. The van der Waals surface area contributed by atoms with Gasteiger partial charge < -0.3 is 9.47 Å². The molecular formula is C11H11NO3S. The zero-order valence-corrected chi connectivity index (χ0v) is 9.46. The van der Waals surface area contributed by atoms with Gasteiger partial charge in [-0.25, -0.2) is 0 Å². The van der Waals surface area contributed by atoms with Crippen LogP contribution in [0.3, 0.4) is 0 Å². The first-order valence-electron chi connectivity index (χ1n) is 4.96. The molecule has 0 aliphatic carbocycles. The van der Waals surface area contributed by atoms with Gasteiger partial charge in [0, 0.05) is 17.4 Å². The molecule has 0 N–H and O–H groups in total. The molecule has 0 spiro atoms. The van der Waals surface area contributed by atoms with Gasteiger partial charge in [-0.3, -0.25) is 4.21 Å². The van der Waals surface area contributed by atoms with E-state index in [-0.39, 0.29) is 5.75 Å². The fraction of sp³-hybridized carbons (Fsp3) is 0.364. The minimum atomic E-state index is -1.28. The van der Waals surface area contributed by atoms with Crippen molar-refractivity contribution in [1.29, 1.82) is 5.26 Å². The number of ether oxygens (including phenoxy) is 2. The number of fused-ring (bicyclic) bond motifs is 1. The van der Waals surface area contributed by atoms with Crippen LogP contribution >= 0.6 is 0 Å². The Morgan fingerprint density at radius 3 is 2.81 bits per heavy atom. The number of nitriles is 1. The van der Waals surface area contributed by atoms with E-state index in [1.165, 1.54) is 0 Å². The zero-order chi connectivity index (χ0) is 11.4. The van der Waals surface area contributed by atoms with E-state index in [0.717, 1.165) is 6.42 Å². The predicted octanol–water partition coefficient (Wildman–Crippen LogP) is 1.48. The lowest BCUT2D eigenvalue weighted by Crippen LogP contribution is -1.98. The highest BCUT2D eigenvalue weighted by Crippen LogP contribution is 2.31. The largest absolute Gasteiger partial charge is 0.490 e. The van der Waals surface area contributed by atoms with E-state index in [0.29, 0.717) is 29.6 Å². The van der Waals surface area contributed by atoms with Crippen molar-refractivity contribution >= 4 is 10.8 Å². The SMILES string of the molecule is N#CCS(=O)c1ccc2c(c1)OCCCO2. The van der Waals surface area contributed by atoms with Crippen molar-refractivity contribution < 1.29 is 13.7 Å². The molecule has 1 aromatic carbocycles. The summed E-state index contributed by atoms with van der Waals surface area (Å²) in [6.45, 7) is 1.23. The van der Waals surface area contributed by atoms with Crippen LogP contribution in [-0.2, 0) is 10.8 Å². The maximum atomic E-state index is 11.6. The van der Waals surface area contributed by atoms with Gasteiger partial charge in [-0.1, -0.05) is 0 Å². The molecule has 0 aromatic heterocycles. The molecule has 1 atom stereocenters. The molecule has 1 aliphatic heterocycles. The molecule has 4 nitrogen and oxygen atoms in total. The van der Waals surface area contributed by atoms with Crippen LogP contribution in [0.2, 0.25) is 0 Å². The highest BCUT2D eigenvalue weighted by atomic mass is 32.2. The second-order valence-corrected chi connectivity index (χ2v) is 4.76. The van der Waals surface area contributed by atoms with Gasteiger partial charge >= 0.3 is 0 Å². The first-order chi connectivity index (χ1) is 7.81. The zero-order valence-electron chi connectivity index (χ0n) is 8.64.